The van der Waals surface area contributed by atoms with Crippen LogP contribution >= 0.6 is 0 Å². The largest absolute Gasteiger partial charge is 0.573 e. The van der Waals surface area contributed by atoms with E-state index in [1.807, 2.05) is 20.8 Å². The van der Waals surface area contributed by atoms with E-state index in [4.69, 9.17) is 5.41 Å². The van der Waals surface area contributed by atoms with Crippen LogP contribution in [0.5, 0.6) is 5.75 Å². The van der Waals surface area contributed by atoms with Gasteiger partial charge in [0.15, 0.2) is 0 Å². The zero-order valence-electron chi connectivity index (χ0n) is 12.1. The smallest absolute Gasteiger partial charge is 0.406 e. The van der Waals surface area contributed by atoms with E-state index >= 15 is 0 Å². The van der Waals surface area contributed by atoms with Crippen LogP contribution in [-0.4, -0.2) is 22.9 Å². The van der Waals surface area contributed by atoms with Gasteiger partial charge >= 0.3 is 6.36 Å². The predicted octanol–water partition coefficient (Wildman–Crippen LogP) is 4.37. The summed E-state index contributed by atoms with van der Waals surface area (Å²) in [5.41, 5.74) is 1.65. The second kappa shape index (κ2) is 8.78. The molecule has 0 saturated heterocycles. The third kappa shape index (κ3) is 6.60. The molecule has 4 nitrogen and oxygen atoms in total. The number of hydrogen-bond donors (Lipinski definition) is 1. The van der Waals surface area contributed by atoms with Crippen molar-refractivity contribution in [3.8, 4) is 11.4 Å². The van der Waals surface area contributed by atoms with Crippen LogP contribution in [0.4, 0.5) is 13.2 Å². The highest BCUT2D eigenvalue weighted by atomic mass is 19.4. The van der Waals surface area contributed by atoms with Crippen molar-refractivity contribution < 1.29 is 17.9 Å². The predicted molar refractivity (Wildman–Crippen MR) is 76.2 cm³/mol. The topological polar surface area (TPSA) is 50.9 Å². The first kappa shape index (κ1) is 18.7. The summed E-state index contributed by atoms with van der Waals surface area (Å²) < 4.78 is 41.1. The first-order chi connectivity index (χ1) is 9.94. The van der Waals surface area contributed by atoms with Crippen LogP contribution in [-0.2, 0) is 0 Å². The van der Waals surface area contributed by atoms with Crippen molar-refractivity contribution >= 4 is 6.72 Å². The van der Waals surface area contributed by atoms with Crippen LogP contribution in [0, 0.1) is 12.3 Å². The summed E-state index contributed by atoms with van der Waals surface area (Å²) in [5.74, 6) is -0.245. The van der Waals surface area contributed by atoms with Gasteiger partial charge in [-0.05, 0) is 43.5 Å². The lowest BCUT2D eigenvalue weighted by Crippen LogP contribution is -2.17. The molecule has 116 valence electrons. The molecular weight excluding hydrogens is 283 g/mol. The summed E-state index contributed by atoms with van der Waals surface area (Å²) in [6.07, 6.45) is -1.22. The Hall–Kier alpha value is -2.31. The highest BCUT2D eigenvalue weighted by molar-refractivity contribution is 5.37. The molecule has 7 heteroatoms. The Bertz CT molecular complexity index is 521. The quantitative estimate of drug-likeness (QED) is 0.837. The van der Waals surface area contributed by atoms with E-state index in [2.05, 4.69) is 16.6 Å². The third-order valence-electron chi connectivity index (χ3n) is 2.05. The number of ether oxygens (including phenoxy) is 1. The Balaban J connectivity index is 0.000000921. The van der Waals surface area contributed by atoms with Gasteiger partial charge in [0.05, 0.1) is 11.9 Å². The van der Waals surface area contributed by atoms with Gasteiger partial charge in [-0.15, -0.1) is 13.2 Å². The second-order valence-corrected chi connectivity index (χ2v) is 3.50. The minimum atomic E-state index is -4.66. The molecule has 0 saturated carbocycles. The van der Waals surface area contributed by atoms with Crippen LogP contribution in [0.2, 0.25) is 0 Å². The third-order valence-corrected chi connectivity index (χ3v) is 2.05. The number of nitrogens with zero attached hydrogens (tertiary/aromatic N) is 2. The first-order valence-electron chi connectivity index (χ1n) is 6.17. The zero-order chi connectivity index (χ0) is 16.5. The minimum Gasteiger partial charge on any atom is -0.406 e. The Morgan fingerprint density at radius 1 is 1.14 bits per heavy atom. The highest BCUT2D eigenvalue weighted by Gasteiger charge is 2.30. The normalized spacial score (nSPS) is 9.81. The molecule has 2 rings (SSSR count). The maximum atomic E-state index is 11.9. The molecular formula is C14H18F3N3O. The molecule has 0 spiro atoms. The van der Waals surface area contributed by atoms with Gasteiger partial charge in [0.2, 0.25) is 0 Å². The van der Waals surface area contributed by atoms with Gasteiger partial charge in [0, 0.05) is 6.20 Å². The fourth-order valence-electron chi connectivity index (χ4n) is 1.35. The van der Waals surface area contributed by atoms with Crippen molar-refractivity contribution in [1.82, 2.24) is 9.78 Å². The van der Waals surface area contributed by atoms with Gasteiger partial charge in [-0.25, -0.2) is 4.68 Å². The molecule has 0 bridgehead atoms. The van der Waals surface area contributed by atoms with Crippen LogP contribution in [0.3, 0.4) is 0 Å². The molecule has 0 amide bonds. The van der Waals surface area contributed by atoms with E-state index in [9.17, 15) is 13.2 Å². The van der Waals surface area contributed by atoms with E-state index in [0.29, 0.717) is 5.69 Å². The molecule has 1 aromatic heterocycles. The number of nitrogens with one attached hydrogen (secondary N) is 1. The molecule has 0 aliphatic carbocycles. The fraction of sp³-hybridized carbons (Fsp3) is 0.286. The molecule has 2 aromatic rings. The minimum absolute atomic E-state index is 0.245. The van der Waals surface area contributed by atoms with Crippen LogP contribution in [0.15, 0.2) is 36.7 Å². The standard InChI is InChI=1S/C11H9F3N2O.C2H6.CH3N/c1-8-6-15-16(7-8)9-2-4-10(5-3-9)17-11(12,13)14;2*1-2/h2-7H,1H3;1-2H3;2H,1H2. The Morgan fingerprint density at radius 2 is 1.67 bits per heavy atom. The average molecular weight is 301 g/mol. The van der Waals surface area contributed by atoms with Crippen molar-refractivity contribution in [2.75, 3.05) is 0 Å². The summed E-state index contributed by atoms with van der Waals surface area (Å²) in [6.45, 7) is 8.38. The number of hydrogen-bond acceptors (Lipinski definition) is 3. The molecule has 0 aliphatic heterocycles. The molecule has 21 heavy (non-hydrogen) atoms. The molecule has 0 aliphatic rings. The summed E-state index contributed by atoms with van der Waals surface area (Å²) in [4.78, 5) is 0. The summed E-state index contributed by atoms with van der Waals surface area (Å²) in [6, 6.07) is 5.51. The van der Waals surface area contributed by atoms with Crippen molar-refractivity contribution in [3.63, 3.8) is 0 Å². The van der Waals surface area contributed by atoms with Gasteiger partial charge in [0.1, 0.15) is 5.75 Å². The maximum Gasteiger partial charge on any atom is 0.573 e. The van der Waals surface area contributed by atoms with Crippen LogP contribution in [0.1, 0.15) is 19.4 Å². The SMILES string of the molecule is C=N.CC.Cc1cnn(-c2ccc(OC(F)(F)F)cc2)c1. The zero-order valence-corrected chi connectivity index (χ0v) is 12.1. The van der Waals surface area contributed by atoms with Crippen LogP contribution < -0.4 is 4.74 Å². The fourth-order valence-corrected chi connectivity index (χ4v) is 1.35. The monoisotopic (exact) mass is 301 g/mol. The lowest BCUT2D eigenvalue weighted by atomic mass is 10.3. The highest BCUT2D eigenvalue weighted by Crippen LogP contribution is 2.23. The van der Waals surface area contributed by atoms with Crippen LogP contribution in [0.25, 0.3) is 5.69 Å². The van der Waals surface area contributed by atoms with E-state index in [1.54, 1.807) is 17.1 Å². The number of alkyl halides is 3. The molecule has 1 heterocycles. The molecule has 1 aromatic carbocycles. The molecule has 0 atom stereocenters. The van der Waals surface area contributed by atoms with Gasteiger partial charge < -0.3 is 10.1 Å². The van der Waals surface area contributed by atoms with Gasteiger partial charge in [-0.3, -0.25) is 0 Å². The Morgan fingerprint density at radius 3 is 2.05 bits per heavy atom. The van der Waals surface area contributed by atoms with Crippen molar-refractivity contribution in [2.45, 2.75) is 27.1 Å². The first-order valence-corrected chi connectivity index (χ1v) is 6.17. The number of halogens is 3. The molecule has 0 radical (unpaired) electrons. The van der Waals surface area contributed by atoms with Gasteiger partial charge in [0.25, 0.3) is 0 Å². The number of rotatable bonds is 2. The molecule has 1 N–H and O–H groups in total. The number of aromatic nitrogens is 2. The lowest BCUT2D eigenvalue weighted by Gasteiger charge is -2.09. The molecule has 0 fully saturated rings. The van der Waals surface area contributed by atoms with E-state index in [-0.39, 0.29) is 5.75 Å². The van der Waals surface area contributed by atoms with Gasteiger partial charge in [-0.1, -0.05) is 13.8 Å². The van der Waals surface area contributed by atoms with E-state index in [1.165, 1.54) is 24.3 Å². The van der Waals surface area contributed by atoms with Crippen molar-refractivity contribution in [3.05, 3.63) is 42.2 Å². The van der Waals surface area contributed by atoms with E-state index in [0.717, 1.165) is 5.56 Å². The average Bonchev–Trinajstić information content (AvgIpc) is 2.89. The Labute approximate surface area is 121 Å². The second-order valence-electron chi connectivity index (χ2n) is 3.50. The maximum absolute atomic E-state index is 11.9. The van der Waals surface area contributed by atoms with Crippen molar-refractivity contribution in [2.24, 2.45) is 0 Å². The van der Waals surface area contributed by atoms with Crippen molar-refractivity contribution in [1.29, 1.82) is 5.41 Å². The number of benzene rings is 1. The van der Waals surface area contributed by atoms with E-state index < -0.39 is 6.36 Å². The Kier molecular flexibility index (Phi) is 7.81. The number of aryl methyl sites for hydroxylation is 1. The molecule has 0 unspecified atom stereocenters. The lowest BCUT2D eigenvalue weighted by molar-refractivity contribution is -0.274. The summed E-state index contributed by atoms with van der Waals surface area (Å²) >= 11 is 0. The summed E-state index contributed by atoms with van der Waals surface area (Å²) in [7, 11) is 0. The van der Waals surface area contributed by atoms with Gasteiger partial charge in [-0.2, -0.15) is 5.10 Å². The summed E-state index contributed by atoms with van der Waals surface area (Å²) in [5, 5.41) is 9.54.